The molecule has 1 aromatic rings. The van der Waals surface area contributed by atoms with Crippen LogP contribution in [-0.2, 0) is 0 Å². The lowest BCUT2D eigenvalue weighted by Crippen LogP contribution is -2.30. The first-order valence-electron chi connectivity index (χ1n) is 4.52. The number of halogens is 1. The van der Waals surface area contributed by atoms with Gasteiger partial charge in [-0.05, 0) is 26.6 Å². The van der Waals surface area contributed by atoms with Crippen molar-refractivity contribution in [3.05, 3.63) is 35.9 Å². The van der Waals surface area contributed by atoms with Crippen LogP contribution in [0.2, 0.25) is 0 Å². The van der Waals surface area contributed by atoms with Crippen LogP contribution in [0.5, 0.6) is 0 Å². The fraction of sp³-hybridized carbons (Fsp3) is 0.455. The summed E-state index contributed by atoms with van der Waals surface area (Å²) >= 11 is 0. The molecule has 0 spiro atoms. The van der Waals surface area contributed by atoms with Crippen LogP contribution in [0.25, 0.3) is 0 Å². The molecule has 0 amide bonds. The predicted molar refractivity (Wildman–Crippen MR) is 61.8 cm³/mol. The van der Waals surface area contributed by atoms with E-state index in [0.29, 0.717) is 0 Å². The number of hydrogen-bond acceptors (Lipinski definition) is 2. The molecule has 0 heterocycles. The SMILES string of the molecule is C[C@H](C(O)c1ccccc1)N(C)C.Cl. The minimum Gasteiger partial charge on any atom is -0.387 e. The van der Waals surface area contributed by atoms with Gasteiger partial charge in [0.1, 0.15) is 0 Å². The molecule has 2 nitrogen and oxygen atoms in total. The molecule has 1 aromatic carbocycles. The molecule has 0 radical (unpaired) electrons. The first kappa shape index (κ1) is 13.4. The molecule has 1 N–H and O–H groups in total. The van der Waals surface area contributed by atoms with Crippen LogP contribution in [0, 0.1) is 0 Å². The monoisotopic (exact) mass is 215 g/mol. The molecule has 14 heavy (non-hydrogen) atoms. The van der Waals surface area contributed by atoms with Gasteiger partial charge in [-0.25, -0.2) is 0 Å². The van der Waals surface area contributed by atoms with Crippen LogP contribution in [0.3, 0.4) is 0 Å². The van der Waals surface area contributed by atoms with Crippen LogP contribution in [0.15, 0.2) is 30.3 Å². The topological polar surface area (TPSA) is 23.5 Å². The van der Waals surface area contributed by atoms with Gasteiger partial charge in [0, 0.05) is 6.04 Å². The zero-order valence-corrected chi connectivity index (χ0v) is 9.66. The lowest BCUT2D eigenvalue weighted by molar-refractivity contribution is 0.0858. The lowest BCUT2D eigenvalue weighted by atomic mass is 10.0. The van der Waals surface area contributed by atoms with Crippen molar-refractivity contribution in [2.24, 2.45) is 0 Å². The van der Waals surface area contributed by atoms with Gasteiger partial charge in [0.25, 0.3) is 0 Å². The third kappa shape index (κ3) is 3.29. The fourth-order valence-electron chi connectivity index (χ4n) is 1.21. The second kappa shape index (κ2) is 6.02. The molecule has 0 aromatic heterocycles. The highest BCUT2D eigenvalue weighted by molar-refractivity contribution is 5.85. The number of nitrogens with zero attached hydrogens (tertiary/aromatic N) is 1. The van der Waals surface area contributed by atoms with E-state index in [1.165, 1.54) is 0 Å². The zero-order valence-electron chi connectivity index (χ0n) is 8.84. The maximum Gasteiger partial charge on any atom is 0.0942 e. The summed E-state index contributed by atoms with van der Waals surface area (Å²) in [6, 6.07) is 9.88. The van der Waals surface area contributed by atoms with Crippen LogP contribution in [-0.4, -0.2) is 30.1 Å². The van der Waals surface area contributed by atoms with Crippen molar-refractivity contribution < 1.29 is 5.11 Å². The molecule has 0 aliphatic carbocycles. The molecular weight excluding hydrogens is 198 g/mol. The summed E-state index contributed by atoms with van der Waals surface area (Å²) in [7, 11) is 3.94. The molecule has 3 heteroatoms. The zero-order chi connectivity index (χ0) is 9.84. The molecular formula is C11H18ClNO. The van der Waals surface area contributed by atoms with E-state index in [-0.39, 0.29) is 18.4 Å². The first-order chi connectivity index (χ1) is 6.13. The smallest absolute Gasteiger partial charge is 0.0942 e. The fourth-order valence-corrected chi connectivity index (χ4v) is 1.21. The van der Waals surface area contributed by atoms with E-state index in [2.05, 4.69) is 0 Å². The van der Waals surface area contributed by atoms with Gasteiger partial charge in [-0.15, -0.1) is 12.4 Å². The molecule has 0 fully saturated rings. The Morgan fingerprint density at radius 3 is 2.07 bits per heavy atom. The largest absolute Gasteiger partial charge is 0.387 e. The molecule has 1 unspecified atom stereocenters. The third-order valence-electron chi connectivity index (χ3n) is 2.41. The highest BCUT2D eigenvalue weighted by Crippen LogP contribution is 2.18. The predicted octanol–water partition coefficient (Wildman–Crippen LogP) is 2.09. The molecule has 0 aliphatic rings. The summed E-state index contributed by atoms with van der Waals surface area (Å²) in [4.78, 5) is 2.01. The van der Waals surface area contributed by atoms with Crippen molar-refractivity contribution in [2.75, 3.05) is 14.1 Å². The Bertz CT molecular complexity index is 251. The van der Waals surface area contributed by atoms with Crippen molar-refractivity contribution in [2.45, 2.75) is 19.1 Å². The van der Waals surface area contributed by atoms with Gasteiger partial charge in [0.05, 0.1) is 6.10 Å². The third-order valence-corrected chi connectivity index (χ3v) is 2.41. The van der Waals surface area contributed by atoms with Gasteiger partial charge in [-0.3, -0.25) is 0 Å². The van der Waals surface area contributed by atoms with E-state index in [1.807, 2.05) is 56.3 Å². The number of aliphatic hydroxyl groups excluding tert-OH is 1. The average molecular weight is 216 g/mol. The Hall–Kier alpha value is -0.570. The average Bonchev–Trinajstić information content (AvgIpc) is 2.17. The molecule has 2 atom stereocenters. The van der Waals surface area contributed by atoms with Gasteiger partial charge in [0.2, 0.25) is 0 Å². The van der Waals surface area contributed by atoms with Crippen molar-refractivity contribution in [3.63, 3.8) is 0 Å². The van der Waals surface area contributed by atoms with Gasteiger partial charge < -0.3 is 10.0 Å². The second-order valence-electron chi connectivity index (χ2n) is 3.56. The normalized spacial score (nSPS) is 14.6. The summed E-state index contributed by atoms with van der Waals surface area (Å²) in [5, 5.41) is 9.92. The second-order valence-corrected chi connectivity index (χ2v) is 3.56. The van der Waals surface area contributed by atoms with E-state index in [9.17, 15) is 5.11 Å². The standard InChI is InChI=1S/C11H17NO.ClH/c1-9(12(2)3)11(13)10-7-5-4-6-8-10;/h4-9,11,13H,1-3H3;1H/t9-,11?;/m1./s1. The summed E-state index contributed by atoms with van der Waals surface area (Å²) in [5.74, 6) is 0. The van der Waals surface area contributed by atoms with Crippen molar-refractivity contribution in [1.29, 1.82) is 0 Å². The van der Waals surface area contributed by atoms with E-state index in [0.717, 1.165) is 5.56 Å². The lowest BCUT2D eigenvalue weighted by Gasteiger charge is -2.25. The summed E-state index contributed by atoms with van der Waals surface area (Å²) in [6.07, 6.45) is -0.406. The van der Waals surface area contributed by atoms with E-state index in [1.54, 1.807) is 0 Å². The number of aliphatic hydroxyl groups is 1. The van der Waals surface area contributed by atoms with E-state index >= 15 is 0 Å². The van der Waals surface area contributed by atoms with Gasteiger partial charge >= 0.3 is 0 Å². The van der Waals surface area contributed by atoms with Crippen molar-refractivity contribution >= 4 is 12.4 Å². The molecule has 0 saturated carbocycles. The van der Waals surface area contributed by atoms with E-state index in [4.69, 9.17) is 0 Å². The minimum absolute atomic E-state index is 0. The number of benzene rings is 1. The number of rotatable bonds is 3. The Morgan fingerprint density at radius 1 is 1.14 bits per heavy atom. The minimum atomic E-state index is -0.406. The maximum absolute atomic E-state index is 9.92. The highest BCUT2D eigenvalue weighted by Gasteiger charge is 2.17. The number of likely N-dealkylation sites (N-methyl/N-ethyl adjacent to an activating group) is 1. The quantitative estimate of drug-likeness (QED) is 0.835. The molecule has 0 bridgehead atoms. The maximum atomic E-state index is 9.92. The van der Waals surface area contributed by atoms with Gasteiger partial charge in [-0.2, -0.15) is 0 Å². The van der Waals surface area contributed by atoms with E-state index < -0.39 is 6.10 Å². The summed E-state index contributed by atoms with van der Waals surface area (Å²) in [5.41, 5.74) is 0.976. The molecule has 0 saturated heterocycles. The molecule has 80 valence electrons. The van der Waals surface area contributed by atoms with Crippen molar-refractivity contribution in [3.8, 4) is 0 Å². The molecule has 0 aliphatic heterocycles. The van der Waals surface area contributed by atoms with Crippen LogP contribution in [0.4, 0.5) is 0 Å². The van der Waals surface area contributed by atoms with Crippen LogP contribution >= 0.6 is 12.4 Å². The van der Waals surface area contributed by atoms with Gasteiger partial charge in [0.15, 0.2) is 0 Å². The number of hydrogen-bond donors (Lipinski definition) is 1. The Labute approximate surface area is 92.0 Å². The Kier molecular flexibility index (Phi) is 5.77. The molecule has 1 rings (SSSR count). The highest BCUT2D eigenvalue weighted by atomic mass is 35.5. The summed E-state index contributed by atoms with van der Waals surface area (Å²) in [6.45, 7) is 2.01. The Balaban J connectivity index is 0.00000169. The Morgan fingerprint density at radius 2 is 1.64 bits per heavy atom. The van der Waals surface area contributed by atoms with Crippen molar-refractivity contribution in [1.82, 2.24) is 4.90 Å². The summed E-state index contributed by atoms with van der Waals surface area (Å²) < 4.78 is 0. The van der Waals surface area contributed by atoms with Gasteiger partial charge in [-0.1, -0.05) is 30.3 Å². The van der Waals surface area contributed by atoms with Crippen LogP contribution in [0.1, 0.15) is 18.6 Å². The first-order valence-corrected chi connectivity index (χ1v) is 4.52. The van der Waals surface area contributed by atoms with Crippen LogP contribution < -0.4 is 0 Å².